The van der Waals surface area contributed by atoms with E-state index in [2.05, 4.69) is 29.4 Å². The standard InChI is InChI=1S/C20H26FN3O/c1-5-24(6-2)18-13-11-17(12-14-18)22-19(25)23-20(3,4)15-7-9-16(21)10-8-15/h7-14H,5-6H2,1-4H3,(H2,22,23,25). The van der Waals surface area contributed by atoms with Gasteiger partial charge >= 0.3 is 6.03 Å². The van der Waals surface area contributed by atoms with Gasteiger partial charge in [0.1, 0.15) is 5.82 Å². The molecule has 0 aliphatic rings. The molecule has 0 unspecified atom stereocenters. The number of amides is 2. The van der Waals surface area contributed by atoms with E-state index in [0.717, 1.165) is 30.0 Å². The Morgan fingerprint density at radius 2 is 1.56 bits per heavy atom. The number of hydrogen-bond donors (Lipinski definition) is 2. The number of nitrogens with zero attached hydrogens (tertiary/aromatic N) is 1. The van der Waals surface area contributed by atoms with Gasteiger partial charge in [0.15, 0.2) is 0 Å². The Kier molecular flexibility index (Phi) is 6.02. The third-order valence-corrected chi connectivity index (χ3v) is 4.25. The maximum atomic E-state index is 13.1. The Morgan fingerprint density at radius 3 is 2.08 bits per heavy atom. The predicted molar refractivity (Wildman–Crippen MR) is 102 cm³/mol. The minimum Gasteiger partial charge on any atom is -0.372 e. The maximum absolute atomic E-state index is 13.1. The monoisotopic (exact) mass is 343 g/mol. The Bertz CT molecular complexity index is 692. The van der Waals surface area contributed by atoms with Gasteiger partial charge in [-0.05, 0) is 69.7 Å². The summed E-state index contributed by atoms with van der Waals surface area (Å²) in [6, 6.07) is 13.6. The third kappa shape index (κ3) is 4.95. The average Bonchev–Trinajstić information content (AvgIpc) is 2.57. The minimum absolute atomic E-state index is 0.294. The zero-order chi connectivity index (χ0) is 18.4. The van der Waals surface area contributed by atoms with Crippen LogP contribution in [-0.4, -0.2) is 19.1 Å². The normalized spacial score (nSPS) is 11.1. The molecule has 0 radical (unpaired) electrons. The van der Waals surface area contributed by atoms with Crippen molar-refractivity contribution < 1.29 is 9.18 Å². The molecule has 0 bridgehead atoms. The molecule has 134 valence electrons. The first-order valence-corrected chi connectivity index (χ1v) is 8.56. The molecule has 2 aromatic rings. The SMILES string of the molecule is CCN(CC)c1ccc(NC(=O)NC(C)(C)c2ccc(F)cc2)cc1. The smallest absolute Gasteiger partial charge is 0.319 e. The van der Waals surface area contributed by atoms with E-state index in [1.807, 2.05) is 38.1 Å². The summed E-state index contributed by atoms with van der Waals surface area (Å²) in [5.74, 6) is -0.294. The first kappa shape index (κ1) is 18.8. The van der Waals surface area contributed by atoms with Crippen LogP contribution >= 0.6 is 0 Å². The summed E-state index contributed by atoms with van der Waals surface area (Å²) >= 11 is 0. The Morgan fingerprint density at radius 1 is 1.00 bits per heavy atom. The summed E-state index contributed by atoms with van der Waals surface area (Å²) in [6.07, 6.45) is 0. The van der Waals surface area contributed by atoms with Gasteiger partial charge in [0.25, 0.3) is 0 Å². The van der Waals surface area contributed by atoms with E-state index in [-0.39, 0.29) is 11.8 Å². The van der Waals surface area contributed by atoms with Crippen LogP contribution in [0.15, 0.2) is 48.5 Å². The Labute approximate surface area is 149 Å². The van der Waals surface area contributed by atoms with Gasteiger partial charge in [-0.3, -0.25) is 0 Å². The van der Waals surface area contributed by atoms with Gasteiger partial charge in [-0.15, -0.1) is 0 Å². The number of anilines is 2. The van der Waals surface area contributed by atoms with Gasteiger partial charge in [0.2, 0.25) is 0 Å². The van der Waals surface area contributed by atoms with Crippen molar-refractivity contribution in [1.82, 2.24) is 5.32 Å². The summed E-state index contributed by atoms with van der Waals surface area (Å²) in [6.45, 7) is 9.86. The summed E-state index contributed by atoms with van der Waals surface area (Å²) in [4.78, 5) is 14.5. The summed E-state index contributed by atoms with van der Waals surface area (Å²) in [5, 5.41) is 5.76. The second-order valence-corrected chi connectivity index (χ2v) is 6.43. The van der Waals surface area contributed by atoms with Crippen molar-refractivity contribution in [3.05, 3.63) is 59.9 Å². The molecule has 5 heteroatoms. The van der Waals surface area contributed by atoms with Gasteiger partial charge in [0.05, 0.1) is 5.54 Å². The van der Waals surface area contributed by atoms with Crippen LogP contribution in [0.3, 0.4) is 0 Å². The lowest BCUT2D eigenvalue weighted by atomic mass is 9.94. The number of carbonyl (C=O) groups excluding carboxylic acids is 1. The molecule has 0 aromatic heterocycles. The highest BCUT2D eigenvalue weighted by molar-refractivity contribution is 5.90. The maximum Gasteiger partial charge on any atom is 0.319 e. The molecule has 4 nitrogen and oxygen atoms in total. The number of carbonyl (C=O) groups is 1. The van der Waals surface area contributed by atoms with Crippen LogP contribution < -0.4 is 15.5 Å². The van der Waals surface area contributed by atoms with Crippen LogP contribution in [0.25, 0.3) is 0 Å². The van der Waals surface area contributed by atoms with Gasteiger partial charge in [-0.25, -0.2) is 9.18 Å². The molecule has 2 aromatic carbocycles. The highest BCUT2D eigenvalue weighted by atomic mass is 19.1. The van der Waals surface area contributed by atoms with Crippen LogP contribution in [0, 0.1) is 5.82 Å². The van der Waals surface area contributed by atoms with Crippen molar-refractivity contribution in [2.45, 2.75) is 33.2 Å². The number of urea groups is 1. The van der Waals surface area contributed by atoms with Crippen molar-refractivity contribution in [3.63, 3.8) is 0 Å². The molecular weight excluding hydrogens is 317 g/mol. The number of benzene rings is 2. The van der Waals surface area contributed by atoms with E-state index in [0.29, 0.717) is 0 Å². The van der Waals surface area contributed by atoms with Gasteiger partial charge in [-0.1, -0.05) is 12.1 Å². The van der Waals surface area contributed by atoms with Crippen LogP contribution in [0.4, 0.5) is 20.6 Å². The van der Waals surface area contributed by atoms with E-state index < -0.39 is 5.54 Å². The van der Waals surface area contributed by atoms with Crippen molar-refractivity contribution in [1.29, 1.82) is 0 Å². The van der Waals surface area contributed by atoms with Crippen LogP contribution in [0.5, 0.6) is 0 Å². The van der Waals surface area contributed by atoms with Crippen LogP contribution in [-0.2, 0) is 5.54 Å². The fourth-order valence-corrected chi connectivity index (χ4v) is 2.73. The second kappa shape index (κ2) is 8.01. The van der Waals surface area contributed by atoms with E-state index in [9.17, 15) is 9.18 Å². The molecule has 25 heavy (non-hydrogen) atoms. The zero-order valence-electron chi connectivity index (χ0n) is 15.3. The third-order valence-electron chi connectivity index (χ3n) is 4.25. The molecule has 2 rings (SSSR count). The second-order valence-electron chi connectivity index (χ2n) is 6.43. The van der Waals surface area contributed by atoms with Crippen molar-refractivity contribution in [2.75, 3.05) is 23.3 Å². The van der Waals surface area contributed by atoms with Crippen molar-refractivity contribution in [3.8, 4) is 0 Å². The number of rotatable bonds is 6. The Hall–Kier alpha value is -2.56. The highest BCUT2D eigenvalue weighted by Gasteiger charge is 2.22. The number of nitrogens with one attached hydrogen (secondary N) is 2. The van der Waals surface area contributed by atoms with Gasteiger partial charge in [-0.2, -0.15) is 0 Å². The van der Waals surface area contributed by atoms with E-state index in [4.69, 9.17) is 0 Å². The summed E-state index contributed by atoms with van der Waals surface area (Å²) in [5.41, 5.74) is 2.07. The molecule has 0 fully saturated rings. The van der Waals surface area contributed by atoms with Gasteiger partial charge in [0, 0.05) is 24.5 Å². The summed E-state index contributed by atoms with van der Waals surface area (Å²) in [7, 11) is 0. The van der Waals surface area contributed by atoms with Gasteiger partial charge < -0.3 is 15.5 Å². The molecular formula is C20H26FN3O. The first-order chi connectivity index (χ1) is 11.9. The first-order valence-electron chi connectivity index (χ1n) is 8.56. The van der Waals surface area contributed by atoms with Crippen LogP contribution in [0.1, 0.15) is 33.3 Å². The quantitative estimate of drug-likeness (QED) is 0.796. The molecule has 0 atom stereocenters. The molecule has 0 heterocycles. The highest BCUT2D eigenvalue weighted by Crippen LogP contribution is 2.21. The van der Waals surface area contributed by atoms with Crippen LogP contribution in [0.2, 0.25) is 0 Å². The van der Waals surface area contributed by atoms with E-state index >= 15 is 0 Å². The number of hydrogen-bond acceptors (Lipinski definition) is 2. The molecule has 0 aliphatic heterocycles. The topological polar surface area (TPSA) is 44.4 Å². The Balaban J connectivity index is 2.00. The molecule has 0 saturated heterocycles. The average molecular weight is 343 g/mol. The van der Waals surface area contributed by atoms with Crippen molar-refractivity contribution >= 4 is 17.4 Å². The van der Waals surface area contributed by atoms with E-state index in [1.54, 1.807) is 12.1 Å². The summed E-state index contributed by atoms with van der Waals surface area (Å²) < 4.78 is 13.1. The fourth-order valence-electron chi connectivity index (χ4n) is 2.73. The molecule has 0 spiro atoms. The largest absolute Gasteiger partial charge is 0.372 e. The molecule has 0 saturated carbocycles. The minimum atomic E-state index is -0.612. The fraction of sp³-hybridized carbons (Fsp3) is 0.350. The zero-order valence-corrected chi connectivity index (χ0v) is 15.3. The van der Waals surface area contributed by atoms with Crippen molar-refractivity contribution in [2.24, 2.45) is 0 Å². The predicted octanol–water partition coefficient (Wildman–Crippen LogP) is 4.73. The molecule has 0 aliphatic carbocycles. The lowest BCUT2D eigenvalue weighted by Gasteiger charge is -2.27. The lowest BCUT2D eigenvalue weighted by Crippen LogP contribution is -2.43. The molecule has 2 N–H and O–H groups in total. The molecule has 2 amide bonds. The lowest BCUT2D eigenvalue weighted by molar-refractivity contribution is 0.242. The van der Waals surface area contributed by atoms with E-state index in [1.165, 1.54) is 12.1 Å². The number of halogens is 1.